The molecule has 0 fully saturated rings. The maximum atomic E-state index is 11.0. The zero-order valence-electron chi connectivity index (χ0n) is 9.21. The van der Waals surface area contributed by atoms with Crippen molar-refractivity contribution in [2.45, 2.75) is 39.0 Å². The first-order valence-corrected chi connectivity index (χ1v) is 5.40. The summed E-state index contributed by atoms with van der Waals surface area (Å²) in [6.07, 6.45) is 3.47. The Hall–Kier alpha value is -1.26. The smallest absolute Gasteiger partial charge is 0.314 e. The number of carboxylic acids is 1. The number of amides is 2. The van der Waals surface area contributed by atoms with Crippen molar-refractivity contribution in [2.24, 2.45) is 0 Å². The Labute approximate surface area is 90.2 Å². The van der Waals surface area contributed by atoms with Crippen LogP contribution in [0.4, 0.5) is 4.79 Å². The van der Waals surface area contributed by atoms with Gasteiger partial charge < -0.3 is 15.7 Å². The minimum Gasteiger partial charge on any atom is -0.481 e. The van der Waals surface area contributed by atoms with Crippen LogP contribution in [-0.4, -0.2) is 30.2 Å². The van der Waals surface area contributed by atoms with E-state index < -0.39 is 5.97 Å². The lowest BCUT2D eigenvalue weighted by Crippen LogP contribution is -2.36. The number of unbranched alkanes of at least 4 members (excludes halogenated alkanes) is 2. The first-order chi connectivity index (χ1) is 7.16. The van der Waals surface area contributed by atoms with E-state index >= 15 is 0 Å². The van der Waals surface area contributed by atoms with Gasteiger partial charge in [0, 0.05) is 19.5 Å². The van der Waals surface area contributed by atoms with E-state index in [9.17, 15) is 9.59 Å². The van der Waals surface area contributed by atoms with Gasteiger partial charge in [-0.2, -0.15) is 0 Å². The Morgan fingerprint density at radius 3 is 2.33 bits per heavy atom. The summed E-state index contributed by atoms with van der Waals surface area (Å²) >= 11 is 0. The fraction of sp³-hybridized carbons (Fsp3) is 0.800. The summed E-state index contributed by atoms with van der Waals surface area (Å²) in [6, 6.07) is -0.143. The molecular formula is C10H20N2O3. The number of carbonyl (C=O) groups excluding carboxylic acids is 1. The topological polar surface area (TPSA) is 78.4 Å². The van der Waals surface area contributed by atoms with Gasteiger partial charge in [0.15, 0.2) is 0 Å². The molecule has 3 N–H and O–H groups in total. The number of aliphatic carboxylic acids is 1. The van der Waals surface area contributed by atoms with Gasteiger partial charge in [-0.05, 0) is 19.3 Å². The van der Waals surface area contributed by atoms with Gasteiger partial charge in [-0.3, -0.25) is 4.79 Å². The Morgan fingerprint density at radius 2 is 1.73 bits per heavy atom. The molecule has 0 aromatic heterocycles. The molecule has 0 rings (SSSR count). The number of carboxylic acid groups (broad SMARTS) is 1. The van der Waals surface area contributed by atoms with Crippen LogP contribution in [0, 0.1) is 0 Å². The summed E-state index contributed by atoms with van der Waals surface area (Å²) < 4.78 is 0. The highest BCUT2D eigenvalue weighted by atomic mass is 16.4. The second kappa shape index (κ2) is 9.30. The second-order valence-electron chi connectivity index (χ2n) is 3.39. The van der Waals surface area contributed by atoms with E-state index in [2.05, 4.69) is 10.6 Å². The number of rotatable bonds is 8. The van der Waals surface area contributed by atoms with Gasteiger partial charge in [-0.25, -0.2) is 4.79 Å². The molecule has 0 spiro atoms. The van der Waals surface area contributed by atoms with Gasteiger partial charge >= 0.3 is 12.0 Å². The van der Waals surface area contributed by atoms with Gasteiger partial charge in [-0.1, -0.05) is 13.3 Å². The Balaban J connectivity index is 3.16. The van der Waals surface area contributed by atoms with Gasteiger partial charge in [0.25, 0.3) is 0 Å². The van der Waals surface area contributed by atoms with Gasteiger partial charge in [0.2, 0.25) is 0 Å². The molecule has 5 heteroatoms. The third kappa shape index (κ3) is 10.7. The zero-order chi connectivity index (χ0) is 11.5. The maximum Gasteiger partial charge on any atom is 0.314 e. The Bertz CT molecular complexity index is 195. The van der Waals surface area contributed by atoms with Crippen molar-refractivity contribution in [1.29, 1.82) is 0 Å². The van der Waals surface area contributed by atoms with Crippen LogP contribution in [0.2, 0.25) is 0 Å². The largest absolute Gasteiger partial charge is 0.481 e. The molecule has 0 aliphatic carbocycles. The molecule has 0 saturated heterocycles. The number of carbonyl (C=O) groups is 2. The van der Waals surface area contributed by atoms with E-state index in [-0.39, 0.29) is 12.5 Å². The number of hydrogen-bond acceptors (Lipinski definition) is 2. The van der Waals surface area contributed by atoms with E-state index in [1.807, 2.05) is 6.92 Å². The fourth-order valence-corrected chi connectivity index (χ4v) is 1.08. The third-order valence-corrected chi connectivity index (χ3v) is 1.89. The van der Waals surface area contributed by atoms with Crippen molar-refractivity contribution in [1.82, 2.24) is 10.6 Å². The average molecular weight is 216 g/mol. The molecule has 2 amide bonds. The molecule has 0 saturated carbocycles. The lowest BCUT2D eigenvalue weighted by atomic mass is 10.2. The van der Waals surface area contributed by atoms with Crippen LogP contribution in [0.15, 0.2) is 0 Å². The predicted molar refractivity (Wildman–Crippen MR) is 57.8 cm³/mol. The highest BCUT2D eigenvalue weighted by Gasteiger charge is 1.98. The number of hydrogen-bond donors (Lipinski definition) is 3. The highest BCUT2D eigenvalue weighted by Crippen LogP contribution is 1.98. The van der Waals surface area contributed by atoms with Gasteiger partial charge in [0.1, 0.15) is 0 Å². The SMILES string of the molecule is CCCNC(=O)NCCCCCC(=O)O. The van der Waals surface area contributed by atoms with Gasteiger partial charge in [-0.15, -0.1) is 0 Å². The van der Waals surface area contributed by atoms with E-state index in [0.717, 1.165) is 19.3 Å². The monoisotopic (exact) mass is 216 g/mol. The molecule has 0 atom stereocenters. The maximum absolute atomic E-state index is 11.0. The molecule has 88 valence electrons. The van der Waals surface area contributed by atoms with Crippen molar-refractivity contribution in [3.63, 3.8) is 0 Å². The molecule has 0 radical (unpaired) electrons. The molecule has 0 aromatic carbocycles. The minimum atomic E-state index is -0.761. The van der Waals surface area contributed by atoms with Crippen LogP contribution in [0.25, 0.3) is 0 Å². The first kappa shape index (κ1) is 13.7. The summed E-state index contributed by atoms with van der Waals surface area (Å²) in [4.78, 5) is 21.2. The van der Waals surface area contributed by atoms with Crippen LogP contribution < -0.4 is 10.6 Å². The molecular weight excluding hydrogens is 196 g/mol. The van der Waals surface area contributed by atoms with Crippen LogP contribution in [0.1, 0.15) is 39.0 Å². The van der Waals surface area contributed by atoms with Gasteiger partial charge in [0.05, 0.1) is 0 Å². The normalized spacial score (nSPS) is 9.67. The molecule has 0 aliphatic rings. The molecule has 0 heterocycles. The lowest BCUT2D eigenvalue weighted by Gasteiger charge is -2.05. The Kier molecular flexibility index (Phi) is 8.52. The molecule has 0 aliphatic heterocycles. The lowest BCUT2D eigenvalue weighted by molar-refractivity contribution is -0.137. The summed E-state index contributed by atoms with van der Waals surface area (Å²) in [5, 5.41) is 13.8. The summed E-state index contributed by atoms with van der Waals surface area (Å²) in [5.41, 5.74) is 0. The molecule has 0 bridgehead atoms. The fourth-order valence-electron chi connectivity index (χ4n) is 1.08. The van der Waals surface area contributed by atoms with Crippen LogP contribution in [0.3, 0.4) is 0 Å². The van der Waals surface area contributed by atoms with Crippen molar-refractivity contribution < 1.29 is 14.7 Å². The Morgan fingerprint density at radius 1 is 1.07 bits per heavy atom. The number of urea groups is 1. The standard InChI is InChI=1S/C10H20N2O3/c1-2-7-11-10(15)12-8-5-3-4-6-9(13)14/h2-8H2,1H3,(H,13,14)(H2,11,12,15). The highest BCUT2D eigenvalue weighted by molar-refractivity contribution is 5.73. The molecule has 0 unspecified atom stereocenters. The van der Waals surface area contributed by atoms with E-state index in [1.165, 1.54) is 0 Å². The minimum absolute atomic E-state index is 0.143. The average Bonchev–Trinajstić information content (AvgIpc) is 2.19. The summed E-state index contributed by atoms with van der Waals surface area (Å²) in [7, 11) is 0. The summed E-state index contributed by atoms with van der Waals surface area (Å²) in [5.74, 6) is -0.761. The van der Waals surface area contributed by atoms with E-state index in [0.29, 0.717) is 19.5 Å². The molecule has 5 nitrogen and oxygen atoms in total. The predicted octanol–water partition coefficient (Wildman–Crippen LogP) is 1.34. The third-order valence-electron chi connectivity index (χ3n) is 1.89. The van der Waals surface area contributed by atoms with Crippen LogP contribution in [-0.2, 0) is 4.79 Å². The number of nitrogens with one attached hydrogen (secondary N) is 2. The molecule has 0 aromatic rings. The first-order valence-electron chi connectivity index (χ1n) is 5.40. The van der Waals surface area contributed by atoms with Crippen molar-refractivity contribution in [2.75, 3.05) is 13.1 Å². The quantitative estimate of drug-likeness (QED) is 0.536. The van der Waals surface area contributed by atoms with Crippen LogP contribution in [0.5, 0.6) is 0 Å². The summed E-state index contributed by atoms with van der Waals surface area (Å²) in [6.45, 7) is 3.28. The van der Waals surface area contributed by atoms with Crippen molar-refractivity contribution in [3.05, 3.63) is 0 Å². The van der Waals surface area contributed by atoms with Crippen molar-refractivity contribution in [3.8, 4) is 0 Å². The van der Waals surface area contributed by atoms with E-state index in [4.69, 9.17) is 5.11 Å². The van der Waals surface area contributed by atoms with Crippen molar-refractivity contribution >= 4 is 12.0 Å². The molecule has 15 heavy (non-hydrogen) atoms. The van der Waals surface area contributed by atoms with E-state index in [1.54, 1.807) is 0 Å². The zero-order valence-corrected chi connectivity index (χ0v) is 9.21. The van der Waals surface area contributed by atoms with Crippen LogP contribution >= 0.6 is 0 Å². The second-order valence-corrected chi connectivity index (χ2v) is 3.39.